The Morgan fingerprint density at radius 3 is 2.25 bits per heavy atom. The van der Waals surface area contributed by atoms with Crippen LogP contribution < -0.4 is 0 Å². The van der Waals surface area contributed by atoms with Gasteiger partial charge in [0.05, 0.1) is 19.7 Å². The normalized spacial score (nSPS) is 17.1. The monoisotopic (exact) mass is 448 g/mol. The minimum absolute atomic E-state index is 0.0323. The lowest BCUT2D eigenvalue weighted by atomic mass is 10.1. The maximum Gasteiger partial charge on any atom is 0.364 e. The highest BCUT2D eigenvalue weighted by Crippen LogP contribution is 2.24. The fourth-order valence-corrected chi connectivity index (χ4v) is 3.76. The molecule has 0 spiro atoms. The number of halogens is 1. The van der Waals surface area contributed by atoms with Crippen LogP contribution in [0, 0.1) is 9.85 Å². The molecule has 0 aromatic rings. The Labute approximate surface area is 162 Å². The van der Waals surface area contributed by atoms with E-state index in [1.165, 1.54) is 57.8 Å². The topological polar surface area (TPSA) is 26.3 Å². The molecule has 1 unspecified atom stereocenters. The van der Waals surface area contributed by atoms with E-state index in [2.05, 4.69) is 39.4 Å². The molecule has 0 aromatic carbocycles. The van der Waals surface area contributed by atoms with E-state index in [4.69, 9.17) is 4.74 Å². The Morgan fingerprint density at radius 2 is 1.67 bits per heavy atom. The molecule has 1 aliphatic heterocycles. The molecule has 0 N–H and O–H groups in total. The first-order valence-corrected chi connectivity index (χ1v) is 10.8. The number of unbranched alkanes of at least 4 members (excludes halogenated alkanes) is 7. The lowest BCUT2D eigenvalue weighted by molar-refractivity contribution is -0.924. The summed E-state index contributed by atoms with van der Waals surface area (Å²) in [6.45, 7) is 7.74. The Bertz CT molecular complexity index is 408. The van der Waals surface area contributed by atoms with Crippen molar-refractivity contribution >= 4 is 28.6 Å². The number of esters is 1. The molecule has 1 heterocycles. The zero-order valence-electron chi connectivity index (χ0n) is 15.6. The number of ether oxygens (including phenoxy) is 1. The highest BCUT2D eigenvalue weighted by molar-refractivity contribution is 14.1. The molecule has 1 rings (SSSR count). The summed E-state index contributed by atoms with van der Waals surface area (Å²) in [5.41, 5.74) is 0. The fraction of sp³-hybridized carbons (Fsp3) is 0.850. The second-order valence-corrected chi connectivity index (χ2v) is 7.66. The summed E-state index contributed by atoms with van der Waals surface area (Å²) in [6.07, 6.45) is 12.5. The number of nitrogens with zero attached hydrogens (tertiary/aromatic N) is 1. The quantitative estimate of drug-likeness (QED) is 0.137. The molecule has 138 valence electrons. The van der Waals surface area contributed by atoms with Crippen LogP contribution in [0.5, 0.6) is 0 Å². The molecule has 1 atom stereocenters. The Kier molecular flexibility index (Phi) is 11.8. The van der Waals surface area contributed by atoms with E-state index >= 15 is 0 Å². The number of hydrogen-bond acceptors (Lipinski definition) is 2. The van der Waals surface area contributed by atoms with Crippen LogP contribution in [-0.4, -0.2) is 42.7 Å². The van der Waals surface area contributed by atoms with Gasteiger partial charge in [-0.2, -0.15) is 0 Å². The average Bonchev–Trinajstić information content (AvgIpc) is 3.07. The number of carbonyl (C=O) groups excluding carboxylic acids is 1. The molecule has 1 fully saturated rings. The third-order valence-corrected chi connectivity index (χ3v) is 5.70. The first-order chi connectivity index (χ1) is 11.7. The summed E-state index contributed by atoms with van der Waals surface area (Å²) in [6, 6.07) is -0.0845. The van der Waals surface area contributed by atoms with Gasteiger partial charge in [-0.05, 0) is 23.2 Å². The molecule has 4 heteroatoms. The summed E-state index contributed by atoms with van der Waals surface area (Å²) < 4.78 is 9.31. The second-order valence-electron chi connectivity index (χ2n) is 7.12. The van der Waals surface area contributed by atoms with Gasteiger partial charge in [-0.1, -0.05) is 51.9 Å². The van der Waals surface area contributed by atoms with Gasteiger partial charge in [0.15, 0.2) is 6.04 Å². The molecule has 0 radical (unpaired) electrons. The number of rotatable bonds is 12. The molecule has 1 saturated heterocycles. The van der Waals surface area contributed by atoms with Crippen molar-refractivity contribution in [2.45, 2.75) is 84.1 Å². The van der Waals surface area contributed by atoms with Crippen LogP contribution in [0.1, 0.15) is 78.1 Å². The molecule has 24 heavy (non-hydrogen) atoms. The lowest BCUT2D eigenvalue weighted by Crippen LogP contribution is -2.56. The van der Waals surface area contributed by atoms with Crippen LogP contribution in [0.3, 0.4) is 0 Å². The van der Waals surface area contributed by atoms with Crippen molar-refractivity contribution in [3.8, 4) is 9.85 Å². The summed E-state index contributed by atoms with van der Waals surface area (Å²) in [5.74, 6) is 3.14. The third kappa shape index (κ3) is 7.74. The van der Waals surface area contributed by atoms with Crippen LogP contribution in [0.15, 0.2) is 0 Å². The van der Waals surface area contributed by atoms with Crippen molar-refractivity contribution in [1.29, 1.82) is 0 Å². The van der Waals surface area contributed by atoms with E-state index in [0.29, 0.717) is 6.61 Å². The van der Waals surface area contributed by atoms with Crippen molar-refractivity contribution < 1.29 is 14.0 Å². The van der Waals surface area contributed by atoms with Crippen LogP contribution in [-0.2, 0) is 9.53 Å². The van der Waals surface area contributed by atoms with Gasteiger partial charge in [0.1, 0.15) is 6.54 Å². The predicted molar refractivity (Wildman–Crippen MR) is 109 cm³/mol. The molecule has 1 aliphatic rings. The van der Waals surface area contributed by atoms with Gasteiger partial charge in [0.25, 0.3) is 0 Å². The molecule has 0 bridgehead atoms. The Hall–Kier alpha value is -0.280. The Morgan fingerprint density at radius 1 is 1.08 bits per heavy atom. The van der Waals surface area contributed by atoms with Crippen LogP contribution in [0.4, 0.5) is 0 Å². The maximum atomic E-state index is 12.4. The summed E-state index contributed by atoms with van der Waals surface area (Å²) >= 11 is 2.08. The first-order valence-electron chi connectivity index (χ1n) is 9.77. The molecule has 0 aromatic heterocycles. The van der Waals surface area contributed by atoms with Crippen LogP contribution >= 0.6 is 22.6 Å². The van der Waals surface area contributed by atoms with Crippen molar-refractivity contribution in [2.75, 3.05) is 26.2 Å². The number of carbonyl (C=O) groups is 1. The van der Waals surface area contributed by atoms with E-state index < -0.39 is 0 Å². The van der Waals surface area contributed by atoms with Gasteiger partial charge in [0.2, 0.25) is 0 Å². The highest BCUT2D eigenvalue weighted by Gasteiger charge is 2.41. The summed E-state index contributed by atoms with van der Waals surface area (Å²) in [5, 5.41) is 0. The molecule has 0 amide bonds. The third-order valence-electron chi connectivity index (χ3n) is 5.32. The number of hydrogen-bond donors (Lipinski definition) is 0. The van der Waals surface area contributed by atoms with Crippen LogP contribution in [0.2, 0.25) is 0 Å². The van der Waals surface area contributed by atoms with Gasteiger partial charge < -0.3 is 9.22 Å². The standard InChI is InChI=1S/C20H35INO2/c1-3-4-5-6-7-8-9-12-18-24-20(23)19(2)22(17-13-14-21)15-10-11-16-22/h19H,3-12,15-18H2,1-2H3/q+1. The van der Waals surface area contributed by atoms with E-state index in [1.807, 2.05) is 6.92 Å². The smallest absolute Gasteiger partial charge is 0.364 e. The van der Waals surface area contributed by atoms with Crippen molar-refractivity contribution in [3.63, 3.8) is 0 Å². The predicted octanol–water partition coefficient (Wildman–Crippen LogP) is 5.07. The van der Waals surface area contributed by atoms with E-state index in [9.17, 15) is 4.79 Å². The molecular weight excluding hydrogens is 413 g/mol. The largest absolute Gasteiger partial charge is 0.461 e. The molecule has 0 aliphatic carbocycles. The summed E-state index contributed by atoms with van der Waals surface area (Å²) in [4.78, 5) is 12.4. The van der Waals surface area contributed by atoms with Crippen molar-refractivity contribution in [3.05, 3.63) is 0 Å². The first kappa shape index (κ1) is 21.8. The lowest BCUT2D eigenvalue weighted by Gasteiger charge is -2.36. The minimum Gasteiger partial charge on any atom is -0.461 e. The number of likely N-dealkylation sites (tertiary alicyclic amines) is 1. The van der Waals surface area contributed by atoms with Crippen molar-refractivity contribution in [1.82, 2.24) is 0 Å². The highest BCUT2D eigenvalue weighted by atomic mass is 127. The zero-order chi connectivity index (χ0) is 17.7. The molecular formula is C20H35INO2+. The SMILES string of the molecule is CCCCCCCCCCOC(=O)C(C)[N+]1(CC#CI)CCCC1. The summed E-state index contributed by atoms with van der Waals surface area (Å²) in [7, 11) is 0. The molecule has 0 saturated carbocycles. The van der Waals surface area contributed by atoms with Crippen LogP contribution in [0.25, 0.3) is 0 Å². The maximum absolute atomic E-state index is 12.4. The second kappa shape index (κ2) is 13.0. The van der Waals surface area contributed by atoms with Gasteiger partial charge in [0, 0.05) is 35.4 Å². The minimum atomic E-state index is -0.0845. The van der Waals surface area contributed by atoms with E-state index in [1.54, 1.807) is 0 Å². The van der Waals surface area contributed by atoms with E-state index in [0.717, 1.165) is 30.5 Å². The van der Waals surface area contributed by atoms with Gasteiger partial charge in [-0.15, -0.1) is 0 Å². The van der Waals surface area contributed by atoms with Gasteiger partial charge >= 0.3 is 5.97 Å². The molecule has 3 nitrogen and oxygen atoms in total. The fourth-order valence-electron chi connectivity index (χ4n) is 3.59. The number of quaternary nitrogens is 1. The van der Waals surface area contributed by atoms with Gasteiger partial charge in [-0.25, -0.2) is 4.79 Å². The average molecular weight is 448 g/mol. The zero-order valence-corrected chi connectivity index (χ0v) is 17.8. The Balaban J connectivity index is 2.20. The van der Waals surface area contributed by atoms with E-state index in [-0.39, 0.29) is 12.0 Å². The van der Waals surface area contributed by atoms with Crippen molar-refractivity contribution in [2.24, 2.45) is 0 Å². The van der Waals surface area contributed by atoms with Gasteiger partial charge in [-0.3, -0.25) is 0 Å².